The van der Waals surface area contributed by atoms with E-state index in [1.807, 2.05) is 0 Å². The molecule has 0 N–H and O–H groups in total. The Kier molecular flexibility index (Phi) is 2.82. The molecule has 0 aromatic carbocycles. The third-order valence-corrected chi connectivity index (χ3v) is 3.81. The number of rotatable bonds is 2. The molecular formula is C10H11F2NOS. The van der Waals surface area contributed by atoms with Gasteiger partial charge in [0.05, 0.1) is 9.88 Å². The van der Waals surface area contributed by atoms with Gasteiger partial charge in [0.2, 0.25) is 5.92 Å². The van der Waals surface area contributed by atoms with Crippen molar-refractivity contribution < 1.29 is 13.6 Å². The highest BCUT2D eigenvalue weighted by molar-refractivity contribution is 7.13. The SMILES string of the molecule is O=Cc1cnc(C2CCC(F)(F)CC2)s1. The summed E-state index contributed by atoms with van der Waals surface area (Å²) < 4.78 is 25.8. The van der Waals surface area contributed by atoms with Gasteiger partial charge in [-0.3, -0.25) is 4.79 Å². The quantitative estimate of drug-likeness (QED) is 0.731. The number of hydrogen-bond acceptors (Lipinski definition) is 3. The molecule has 0 atom stereocenters. The monoisotopic (exact) mass is 231 g/mol. The highest BCUT2D eigenvalue weighted by atomic mass is 32.1. The minimum absolute atomic E-state index is 0.0618. The van der Waals surface area contributed by atoms with Crippen molar-refractivity contribution in [2.75, 3.05) is 0 Å². The Morgan fingerprint density at radius 2 is 2.13 bits per heavy atom. The van der Waals surface area contributed by atoms with Gasteiger partial charge in [-0.2, -0.15) is 0 Å². The Balaban J connectivity index is 2.04. The van der Waals surface area contributed by atoms with E-state index in [0.717, 1.165) is 11.3 Å². The summed E-state index contributed by atoms with van der Waals surface area (Å²) in [6.07, 6.45) is 3.08. The number of aromatic nitrogens is 1. The van der Waals surface area contributed by atoms with Gasteiger partial charge >= 0.3 is 0 Å². The van der Waals surface area contributed by atoms with Crippen LogP contribution in [0.1, 0.15) is 46.3 Å². The molecule has 1 aromatic rings. The highest BCUT2D eigenvalue weighted by Gasteiger charge is 2.36. The van der Waals surface area contributed by atoms with Crippen LogP contribution in [0.15, 0.2) is 6.20 Å². The Bertz CT molecular complexity index is 354. The lowest BCUT2D eigenvalue weighted by atomic mass is 9.87. The standard InChI is InChI=1S/C10H11F2NOS/c11-10(12)3-1-7(2-4-10)9-13-5-8(6-14)15-9/h5-7H,1-4H2. The number of aldehydes is 1. The van der Waals surface area contributed by atoms with Gasteiger partial charge < -0.3 is 0 Å². The Morgan fingerprint density at radius 3 is 2.67 bits per heavy atom. The number of halogens is 2. The van der Waals surface area contributed by atoms with Crippen molar-refractivity contribution in [3.05, 3.63) is 16.1 Å². The first-order valence-electron chi connectivity index (χ1n) is 4.89. The molecule has 1 saturated carbocycles. The summed E-state index contributed by atoms with van der Waals surface area (Å²) in [4.78, 5) is 15.1. The fourth-order valence-electron chi connectivity index (χ4n) is 1.83. The topological polar surface area (TPSA) is 30.0 Å². The fourth-order valence-corrected chi connectivity index (χ4v) is 2.73. The average Bonchev–Trinajstić information content (AvgIpc) is 2.66. The van der Waals surface area contributed by atoms with Crippen LogP contribution >= 0.6 is 11.3 Å². The lowest BCUT2D eigenvalue weighted by molar-refractivity contribution is -0.0382. The molecule has 1 aliphatic rings. The van der Waals surface area contributed by atoms with Crippen molar-refractivity contribution in [2.45, 2.75) is 37.5 Å². The molecule has 0 saturated heterocycles. The number of carbonyl (C=O) groups excluding carboxylic acids is 1. The zero-order valence-electron chi connectivity index (χ0n) is 8.08. The molecule has 82 valence electrons. The van der Waals surface area contributed by atoms with Crippen LogP contribution in [0.5, 0.6) is 0 Å². The van der Waals surface area contributed by atoms with Crippen molar-refractivity contribution in [2.24, 2.45) is 0 Å². The van der Waals surface area contributed by atoms with Crippen molar-refractivity contribution >= 4 is 17.6 Å². The molecule has 1 heterocycles. The van der Waals surface area contributed by atoms with Crippen LogP contribution in [0.4, 0.5) is 8.78 Å². The molecule has 2 rings (SSSR count). The van der Waals surface area contributed by atoms with Gasteiger partial charge in [0, 0.05) is 25.0 Å². The van der Waals surface area contributed by atoms with E-state index in [1.165, 1.54) is 17.5 Å². The maximum Gasteiger partial charge on any atom is 0.248 e. The molecule has 1 aromatic heterocycles. The molecule has 0 amide bonds. The van der Waals surface area contributed by atoms with E-state index in [4.69, 9.17) is 0 Å². The van der Waals surface area contributed by atoms with E-state index in [1.54, 1.807) is 0 Å². The Hall–Kier alpha value is -0.840. The molecule has 0 radical (unpaired) electrons. The van der Waals surface area contributed by atoms with Crippen LogP contribution in [-0.2, 0) is 0 Å². The number of alkyl halides is 2. The maximum absolute atomic E-state index is 12.9. The van der Waals surface area contributed by atoms with E-state index in [-0.39, 0.29) is 18.8 Å². The minimum Gasteiger partial charge on any atom is -0.297 e. The van der Waals surface area contributed by atoms with E-state index in [0.29, 0.717) is 17.7 Å². The van der Waals surface area contributed by atoms with E-state index < -0.39 is 5.92 Å². The van der Waals surface area contributed by atoms with Gasteiger partial charge in [-0.25, -0.2) is 13.8 Å². The van der Waals surface area contributed by atoms with Crippen molar-refractivity contribution in [1.82, 2.24) is 4.98 Å². The molecule has 2 nitrogen and oxygen atoms in total. The van der Waals surface area contributed by atoms with Crippen LogP contribution in [0.25, 0.3) is 0 Å². The zero-order chi connectivity index (χ0) is 10.9. The number of nitrogens with zero attached hydrogens (tertiary/aromatic N) is 1. The van der Waals surface area contributed by atoms with Crippen LogP contribution in [0, 0.1) is 0 Å². The first kappa shape index (κ1) is 10.7. The zero-order valence-corrected chi connectivity index (χ0v) is 8.90. The Labute approximate surface area is 90.3 Å². The number of carbonyl (C=O) groups is 1. The highest BCUT2D eigenvalue weighted by Crippen LogP contribution is 2.41. The molecule has 1 aliphatic carbocycles. The second kappa shape index (κ2) is 3.96. The van der Waals surface area contributed by atoms with E-state index in [2.05, 4.69) is 4.98 Å². The maximum atomic E-state index is 12.9. The van der Waals surface area contributed by atoms with Gasteiger partial charge in [-0.15, -0.1) is 11.3 Å². The first-order valence-corrected chi connectivity index (χ1v) is 5.71. The van der Waals surface area contributed by atoms with Gasteiger partial charge in [0.25, 0.3) is 0 Å². The van der Waals surface area contributed by atoms with Crippen molar-refractivity contribution in [3.8, 4) is 0 Å². The molecule has 0 unspecified atom stereocenters. The molecule has 0 bridgehead atoms. The van der Waals surface area contributed by atoms with Crippen LogP contribution in [-0.4, -0.2) is 17.2 Å². The van der Waals surface area contributed by atoms with Gasteiger partial charge in [0.15, 0.2) is 6.29 Å². The van der Waals surface area contributed by atoms with E-state index >= 15 is 0 Å². The van der Waals surface area contributed by atoms with Gasteiger partial charge in [-0.1, -0.05) is 0 Å². The molecule has 0 aliphatic heterocycles. The van der Waals surface area contributed by atoms with Crippen molar-refractivity contribution in [1.29, 1.82) is 0 Å². The second-order valence-electron chi connectivity index (χ2n) is 3.85. The smallest absolute Gasteiger partial charge is 0.248 e. The third-order valence-electron chi connectivity index (χ3n) is 2.72. The van der Waals surface area contributed by atoms with Crippen LogP contribution in [0.2, 0.25) is 0 Å². The van der Waals surface area contributed by atoms with E-state index in [9.17, 15) is 13.6 Å². The molecular weight excluding hydrogens is 220 g/mol. The summed E-state index contributed by atoms with van der Waals surface area (Å²) in [7, 11) is 0. The average molecular weight is 231 g/mol. The van der Waals surface area contributed by atoms with Crippen molar-refractivity contribution in [3.63, 3.8) is 0 Å². The first-order chi connectivity index (χ1) is 7.11. The molecule has 1 fully saturated rings. The molecule has 0 spiro atoms. The number of thiazole rings is 1. The summed E-state index contributed by atoms with van der Waals surface area (Å²) >= 11 is 1.32. The summed E-state index contributed by atoms with van der Waals surface area (Å²) in [6, 6.07) is 0. The number of hydrogen-bond donors (Lipinski definition) is 0. The predicted octanol–water partition coefficient (Wildman–Crippen LogP) is 3.25. The second-order valence-corrected chi connectivity index (χ2v) is 4.94. The molecule has 15 heavy (non-hydrogen) atoms. The summed E-state index contributed by atoms with van der Waals surface area (Å²) in [6.45, 7) is 0. The normalized spacial score (nSPS) is 21.5. The van der Waals surface area contributed by atoms with Crippen LogP contribution < -0.4 is 0 Å². The van der Waals surface area contributed by atoms with Crippen LogP contribution in [0.3, 0.4) is 0 Å². The summed E-state index contributed by atoms with van der Waals surface area (Å²) in [5.74, 6) is -2.38. The largest absolute Gasteiger partial charge is 0.297 e. The third kappa shape index (κ3) is 2.40. The lowest BCUT2D eigenvalue weighted by Gasteiger charge is -2.26. The van der Waals surface area contributed by atoms with Gasteiger partial charge in [-0.05, 0) is 12.8 Å². The van der Waals surface area contributed by atoms with Gasteiger partial charge in [0.1, 0.15) is 0 Å². The minimum atomic E-state index is -2.50. The predicted molar refractivity (Wildman–Crippen MR) is 53.7 cm³/mol. The Morgan fingerprint density at radius 1 is 1.47 bits per heavy atom. The fraction of sp³-hybridized carbons (Fsp3) is 0.600. The molecule has 5 heteroatoms. The summed E-state index contributed by atoms with van der Waals surface area (Å²) in [5.41, 5.74) is 0. The summed E-state index contributed by atoms with van der Waals surface area (Å²) in [5, 5.41) is 0.826. The lowest BCUT2D eigenvalue weighted by Crippen LogP contribution is -2.23.